The number of hydrogen-bond donors (Lipinski definition) is 3. The van der Waals surface area contributed by atoms with Crippen LogP contribution in [0.15, 0.2) is 5.16 Å². The average molecular weight is 239 g/mol. The monoisotopic (exact) mass is 239 g/mol. The predicted octanol–water partition coefficient (Wildman–Crippen LogP) is 1.06. The van der Waals surface area contributed by atoms with Crippen LogP contribution in [0.3, 0.4) is 0 Å². The van der Waals surface area contributed by atoms with Crippen LogP contribution in [0.1, 0.15) is 40.0 Å². The predicted molar refractivity (Wildman–Crippen MR) is 64.6 cm³/mol. The summed E-state index contributed by atoms with van der Waals surface area (Å²) in [6.07, 6.45) is 2.34. The third-order valence-electron chi connectivity index (χ3n) is 4.25. The van der Waals surface area contributed by atoms with Crippen LogP contribution >= 0.6 is 0 Å². The second-order valence-electron chi connectivity index (χ2n) is 6.30. The van der Waals surface area contributed by atoms with E-state index in [2.05, 4.69) is 31.2 Å². The van der Waals surface area contributed by atoms with Crippen molar-refractivity contribution in [2.45, 2.75) is 46.1 Å². The smallest absolute Gasteiger partial charge is 0.234 e. The zero-order valence-corrected chi connectivity index (χ0v) is 10.7. The van der Waals surface area contributed by atoms with Crippen molar-refractivity contribution < 1.29 is 10.0 Å². The Hall–Kier alpha value is -1.26. The molecule has 0 spiro atoms. The first-order valence-electron chi connectivity index (χ1n) is 6.11. The van der Waals surface area contributed by atoms with E-state index < -0.39 is 5.41 Å². The lowest BCUT2D eigenvalue weighted by molar-refractivity contribution is -0.133. The molecule has 96 valence electrons. The van der Waals surface area contributed by atoms with Gasteiger partial charge in [0.1, 0.15) is 5.41 Å². The Bertz CT molecular complexity index is 370. The Morgan fingerprint density at radius 3 is 2.29 bits per heavy atom. The molecule has 2 rings (SSSR count). The SMILES string of the molecule is CC1CC(C(=O)NC2CC2(C)C)(C(N)=NO)C1. The van der Waals surface area contributed by atoms with E-state index in [1.54, 1.807) is 0 Å². The lowest BCUT2D eigenvalue weighted by atomic mass is 9.61. The summed E-state index contributed by atoms with van der Waals surface area (Å²) >= 11 is 0. The summed E-state index contributed by atoms with van der Waals surface area (Å²) in [5, 5.41) is 14.9. The van der Waals surface area contributed by atoms with E-state index in [1.807, 2.05) is 0 Å². The lowest BCUT2D eigenvalue weighted by Gasteiger charge is -2.43. The Balaban J connectivity index is 2.05. The van der Waals surface area contributed by atoms with Crippen LogP contribution in [0.25, 0.3) is 0 Å². The molecule has 1 amide bonds. The maximum absolute atomic E-state index is 12.2. The van der Waals surface area contributed by atoms with Gasteiger partial charge in [0.25, 0.3) is 0 Å². The van der Waals surface area contributed by atoms with Crippen molar-refractivity contribution in [1.82, 2.24) is 5.32 Å². The number of nitrogens with two attached hydrogens (primary N) is 1. The summed E-state index contributed by atoms with van der Waals surface area (Å²) in [6, 6.07) is 0.231. The fraction of sp³-hybridized carbons (Fsp3) is 0.833. The average Bonchev–Trinajstić information content (AvgIpc) is 2.79. The van der Waals surface area contributed by atoms with Crippen LogP contribution in [0.5, 0.6) is 0 Å². The zero-order chi connectivity index (χ0) is 12.8. The van der Waals surface area contributed by atoms with Crippen LogP contribution < -0.4 is 11.1 Å². The van der Waals surface area contributed by atoms with Crippen LogP contribution in [-0.4, -0.2) is 23.0 Å². The minimum atomic E-state index is -0.771. The molecule has 2 saturated carbocycles. The summed E-state index contributed by atoms with van der Waals surface area (Å²) in [6.45, 7) is 6.31. The summed E-state index contributed by atoms with van der Waals surface area (Å²) in [5.41, 5.74) is 5.10. The molecule has 4 N–H and O–H groups in total. The van der Waals surface area contributed by atoms with Gasteiger partial charge < -0.3 is 16.3 Å². The number of hydrogen-bond acceptors (Lipinski definition) is 3. The van der Waals surface area contributed by atoms with Gasteiger partial charge in [-0.05, 0) is 30.6 Å². The molecule has 0 heterocycles. The second kappa shape index (κ2) is 3.62. The van der Waals surface area contributed by atoms with E-state index in [9.17, 15) is 4.79 Å². The van der Waals surface area contributed by atoms with Gasteiger partial charge in [-0.1, -0.05) is 25.9 Å². The molecule has 2 aliphatic rings. The van der Waals surface area contributed by atoms with E-state index in [1.165, 1.54) is 0 Å². The number of carbonyl (C=O) groups is 1. The number of nitrogens with one attached hydrogen (secondary N) is 1. The summed E-state index contributed by atoms with van der Waals surface area (Å²) in [5.74, 6) is 0.418. The Morgan fingerprint density at radius 1 is 1.41 bits per heavy atom. The molecule has 2 fully saturated rings. The quantitative estimate of drug-likeness (QED) is 0.298. The van der Waals surface area contributed by atoms with Gasteiger partial charge in [0.15, 0.2) is 5.84 Å². The Morgan fingerprint density at radius 2 is 1.94 bits per heavy atom. The largest absolute Gasteiger partial charge is 0.409 e. The first-order chi connectivity index (χ1) is 7.82. The summed E-state index contributed by atoms with van der Waals surface area (Å²) in [4.78, 5) is 12.2. The fourth-order valence-electron chi connectivity index (χ4n) is 2.75. The molecule has 0 aromatic rings. The molecular formula is C12H21N3O2. The van der Waals surface area contributed by atoms with E-state index >= 15 is 0 Å². The highest BCUT2D eigenvalue weighted by Gasteiger charge is 2.55. The van der Waals surface area contributed by atoms with Gasteiger partial charge in [0.2, 0.25) is 5.91 Å². The molecule has 5 nitrogen and oxygen atoms in total. The molecule has 5 heteroatoms. The molecule has 0 saturated heterocycles. The molecule has 17 heavy (non-hydrogen) atoms. The number of nitrogens with zero attached hydrogens (tertiary/aromatic N) is 1. The van der Waals surface area contributed by atoms with Gasteiger partial charge in [-0.15, -0.1) is 0 Å². The van der Waals surface area contributed by atoms with E-state index in [0.717, 1.165) is 6.42 Å². The lowest BCUT2D eigenvalue weighted by Crippen LogP contribution is -2.57. The number of amidine groups is 1. The fourth-order valence-corrected chi connectivity index (χ4v) is 2.75. The highest BCUT2D eigenvalue weighted by molar-refractivity contribution is 6.07. The van der Waals surface area contributed by atoms with Crippen LogP contribution in [0.2, 0.25) is 0 Å². The van der Waals surface area contributed by atoms with Gasteiger partial charge in [-0.25, -0.2) is 0 Å². The molecular weight excluding hydrogens is 218 g/mol. The van der Waals surface area contributed by atoms with Crippen molar-refractivity contribution in [3.05, 3.63) is 0 Å². The van der Waals surface area contributed by atoms with Crippen LogP contribution in [0, 0.1) is 16.7 Å². The van der Waals surface area contributed by atoms with Crippen molar-refractivity contribution in [3.63, 3.8) is 0 Å². The molecule has 2 aliphatic carbocycles. The van der Waals surface area contributed by atoms with Gasteiger partial charge >= 0.3 is 0 Å². The van der Waals surface area contributed by atoms with Gasteiger partial charge in [-0.3, -0.25) is 4.79 Å². The van der Waals surface area contributed by atoms with Crippen molar-refractivity contribution in [2.24, 2.45) is 27.6 Å². The summed E-state index contributed by atoms with van der Waals surface area (Å²) in [7, 11) is 0. The normalized spacial score (nSPS) is 39.4. The number of oxime groups is 1. The van der Waals surface area contributed by atoms with Crippen molar-refractivity contribution in [1.29, 1.82) is 0 Å². The maximum Gasteiger partial charge on any atom is 0.234 e. The number of carbonyl (C=O) groups excluding carboxylic acids is 1. The molecule has 0 aliphatic heterocycles. The van der Waals surface area contributed by atoms with Crippen molar-refractivity contribution in [3.8, 4) is 0 Å². The Labute approximate surface area is 101 Å². The number of rotatable bonds is 3. The molecule has 0 aromatic carbocycles. The third-order valence-corrected chi connectivity index (χ3v) is 4.25. The van der Waals surface area contributed by atoms with Gasteiger partial charge in [0.05, 0.1) is 0 Å². The molecule has 0 aromatic heterocycles. The topological polar surface area (TPSA) is 87.7 Å². The van der Waals surface area contributed by atoms with Crippen molar-refractivity contribution in [2.75, 3.05) is 0 Å². The maximum atomic E-state index is 12.2. The van der Waals surface area contributed by atoms with Crippen LogP contribution in [-0.2, 0) is 4.79 Å². The highest BCUT2D eigenvalue weighted by atomic mass is 16.4. The Kier molecular flexibility index (Phi) is 2.60. The summed E-state index contributed by atoms with van der Waals surface area (Å²) < 4.78 is 0. The van der Waals surface area contributed by atoms with Crippen LogP contribution in [0.4, 0.5) is 0 Å². The molecule has 0 radical (unpaired) electrons. The zero-order valence-electron chi connectivity index (χ0n) is 10.7. The van der Waals surface area contributed by atoms with Gasteiger partial charge in [-0.2, -0.15) is 0 Å². The molecule has 1 atom stereocenters. The van der Waals surface area contributed by atoms with Gasteiger partial charge in [0, 0.05) is 6.04 Å². The first kappa shape index (κ1) is 12.2. The molecule has 1 unspecified atom stereocenters. The first-order valence-corrected chi connectivity index (χ1v) is 6.11. The highest BCUT2D eigenvalue weighted by Crippen LogP contribution is 2.49. The number of amides is 1. The minimum absolute atomic E-state index is 0.0477. The van der Waals surface area contributed by atoms with E-state index in [0.29, 0.717) is 18.8 Å². The second-order valence-corrected chi connectivity index (χ2v) is 6.30. The molecule has 0 bridgehead atoms. The standard InChI is InChI=1S/C12H21N3O2/c1-7-4-12(5-7,9(13)15-17)10(16)14-8-6-11(8,2)3/h7-8,17H,4-6H2,1-3H3,(H2,13,15)(H,14,16). The van der Waals surface area contributed by atoms with E-state index in [4.69, 9.17) is 10.9 Å². The minimum Gasteiger partial charge on any atom is -0.409 e. The van der Waals surface area contributed by atoms with Crippen molar-refractivity contribution >= 4 is 11.7 Å². The third kappa shape index (κ3) is 1.87. The van der Waals surface area contributed by atoms with E-state index in [-0.39, 0.29) is 23.2 Å².